The monoisotopic (exact) mass is 321 g/mol. The number of benzene rings is 1. The molecule has 0 amide bonds. The van der Waals surface area contributed by atoms with Crippen molar-refractivity contribution in [3.05, 3.63) is 34.6 Å². The summed E-state index contributed by atoms with van der Waals surface area (Å²) in [6.07, 6.45) is 4.49. The van der Waals surface area contributed by atoms with E-state index in [-0.39, 0.29) is 6.04 Å². The van der Waals surface area contributed by atoms with Gasteiger partial charge in [-0.1, -0.05) is 17.7 Å². The molecule has 0 radical (unpaired) electrons. The number of nitrogens with zero attached hydrogens (tertiary/aromatic N) is 2. The summed E-state index contributed by atoms with van der Waals surface area (Å²) in [6, 6.07) is 6.06. The van der Waals surface area contributed by atoms with E-state index in [0.29, 0.717) is 10.9 Å². The Hall–Kier alpha value is -1.33. The van der Waals surface area contributed by atoms with E-state index in [1.165, 1.54) is 24.4 Å². The third kappa shape index (κ3) is 2.85. The van der Waals surface area contributed by atoms with Gasteiger partial charge in [-0.15, -0.1) is 0 Å². The summed E-state index contributed by atoms with van der Waals surface area (Å²) in [5, 5.41) is 5.14. The van der Waals surface area contributed by atoms with Crippen LogP contribution >= 0.6 is 23.1 Å². The normalized spacial score (nSPS) is 21.3. The third-order valence-corrected chi connectivity index (χ3v) is 4.82. The van der Waals surface area contributed by atoms with E-state index < -0.39 is 0 Å². The molecule has 2 heterocycles. The second-order valence-corrected chi connectivity index (χ2v) is 6.79. The lowest BCUT2D eigenvalue weighted by Crippen LogP contribution is -2.10. The maximum Gasteiger partial charge on any atom is 0.203 e. The number of hydrogen-bond acceptors (Lipinski definition) is 5. The number of rotatable bonds is 3. The second-order valence-electron chi connectivity index (χ2n) is 5.60. The third-order valence-electron chi connectivity index (χ3n) is 3.93. The van der Waals surface area contributed by atoms with Gasteiger partial charge in [-0.25, -0.2) is 4.98 Å². The number of ether oxygens (including phenoxy) is 1. The zero-order valence-corrected chi connectivity index (χ0v) is 13.1. The fraction of sp³-hybridized carbons (Fsp3) is 0.467. The molecule has 0 saturated heterocycles. The molecule has 110 valence electrons. The summed E-state index contributed by atoms with van der Waals surface area (Å²) in [7, 11) is 0. The zero-order valence-electron chi connectivity index (χ0n) is 11.5. The van der Waals surface area contributed by atoms with Crippen molar-refractivity contribution in [1.82, 2.24) is 9.36 Å². The van der Waals surface area contributed by atoms with Crippen LogP contribution in [-0.2, 0) is 0 Å². The smallest absolute Gasteiger partial charge is 0.203 e. The van der Waals surface area contributed by atoms with Crippen molar-refractivity contribution in [1.29, 1.82) is 0 Å². The molecule has 6 heteroatoms. The maximum atomic E-state index is 6.06. The second kappa shape index (κ2) is 5.46. The van der Waals surface area contributed by atoms with Crippen molar-refractivity contribution < 1.29 is 4.74 Å². The topological polar surface area (TPSA) is 47.0 Å². The van der Waals surface area contributed by atoms with Crippen LogP contribution < -0.4 is 10.1 Å². The van der Waals surface area contributed by atoms with E-state index in [0.717, 1.165) is 41.7 Å². The summed E-state index contributed by atoms with van der Waals surface area (Å²) >= 11 is 7.52. The molecule has 1 saturated carbocycles. The van der Waals surface area contributed by atoms with Crippen LogP contribution in [0.15, 0.2) is 18.2 Å². The Balaban J connectivity index is 1.58. The van der Waals surface area contributed by atoms with Gasteiger partial charge >= 0.3 is 0 Å². The lowest BCUT2D eigenvalue weighted by atomic mass is 10.0. The van der Waals surface area contributed by atoms with Gasteiger partial charge in [0.25, 0.3) is 0 Å². The Morgan fingerprint density at radius 3 is 3.05 bits per heavy atom. The molecule has 1 unspecified atom stereocenters. The molecule has 2 aromatic rings. The van der Waals surface area contributed by atoms with Gasteiger partial charge in [-0.3, -0.25) is 0 Å². The number of aromatic nitrogens is 2. The minimum absolute atomic E-state index is 0.208. The van der Waals surface area contributed by atoms with Crippen LogP contribution in [-0.4, -0.2) is 16.0 Å². The van der Waals surface area contributed by atoms with E-state index in [4.69, 9.17) is 16.3 Å². The first-order valence-electron chi connectivity index (χ1n) is 7.32. The van der Waals surface area contributed by atoms with Gasteiger partial charge in [0.1, 0.15) is 11.6 Å². The van der Waals surface area contributed by atoms with Crippen molar-refractivity contribution in [2.24, 2.45) is 0 Å². The van der Waals surface area contributed by atoms with Crippen LogP contribution in [0.4, 0.5) is 5.13 Å². The summed E-state index contributed by atoms with van der Waals surface area (Å²) < 4.78 is 10.2. The van der Waals surface area contributed by atoms with Crippen LogP contribution in [0, 0.1) is 0 Å². The van der Waals surface area contributed by atoms with Crippen LogP contribution in [0.2, 0.25) is 5.02 Å². The van der Waals surface area contributed by atoms with E-state index >= 15 is 0 Å². The highest BCUT2D eigenvalue weighted by molar-refractivity contribution is 7.09. The molecule has 4 rings (SSSR count). The van der Waals surface area contributed by atoms with Gasteiger partial charge in [0.05, 0.1) is 12.6 Å². The molecule has 0 bridgehead atoms. The predicted octanol–water partition coefficient (Wildman–Crippen LogP) is 4.39. The summed E-state index contributed by atoms with van der Waals surface area (Å²) in [5.41, 5.74) is 1.15. The molecular weight excluding hydrogens is 306 g/mol. The molecule has 1 aliphatic heterocycles. The number of hydrogen-bond donors (Lipinski definition) is 1. The SMILES string of the molecule is Clc1ccc2c(c1)OCCCC2Nc1nc(C2CC2)ns1. The Kier molecular flexibility index (Phi) is 3.47. The van der Waals surface area contributed by atoms with Crippen molar-refractivity contribution in [2.45, 2.75) is 37.6 Å². The summed E-state index contributed by atoms with van der Waals surface area (Å²) in [6.45, 7) is 0.731. The Bertz CT molecular complexity index is 656. The number of fused-ring (bicyclic) bond motifs is 1. The molecule has 2 aliphatic rings. The molecule has 4 nitrogen and oxygen atoms in total. The maximum absolute atomic E-state index is 6.06. The van der Waals surface area contributed by atoms with Crippen LogP contribution in [0.1, 0.15) is 49.0 Å². The fourth-order valence-corrected chi connectivity index (χ4v) is 3.51. The van der Waals surface area contributed by atoms with Crippen LogP contribution in [0.25, 0.3) is 0 Å². The lowest BCUT2D eigenvalue weighted by Gasteiger charge is -2.17. The molecule has 1 fully saturated rings. The van der Waals surface area contributed by atoms with Gasteiger partial charge in [0.2, 0.25) is 5.13 Å². The zero-order chi connectivity index (χ0) is 14.2. The molecule has 1 aromatic carbocycles. The minimum atomic E-state index is 0.208. The first kappa shape index (κ1) is 13.3. The number of anilines is 1. The van der Waals surface area contributed by atoms with Crippen molar-refractivity contribution in [2.75, 3.05) is 11.9 Å². The number of nitrogens with one attached hydrogen (secondary N) is 1. The predicted molar refractivity (Wildman–Crippen MR) is 84.4 cm³/mol. The average Bonchev–Trinajstić information content (AvgIpc) is 3.25. The quantitative estimate of drug-likeness (QED) is 0.910. The highest BCUT2D eigenvalue weighted by Gasteiger charge is 2.28. The first-order chi connectivity index (χ1) is 10.3. The van der Waals surface area contributed by atoms with Crippen LogP contribution in [0.5, 0.6) is 5.75 Å². The molecule has 1 aromatic heterocycles. The van der Waals surface area contributed by atoms with E-state index in [2.05, 4.69) is 14.7 Å². The lowest BCUT2D eigenvalue weighted by molar-refractivity contribution is 0.316. The molecule has 21 heavy (non-hydrogen) atoms. The molecular formula is C15H16ClN3OS. The van der Waals surface area contributed by atoms with Crippen LogP contribution in [0.3, 0.4) is 0 Å². The Morgan fingerprint density at radius 2 is 2.19 bits per heavy atom. The summed E-state index contributed by atoms with van der Waals surface area (Å²) in [4.78, 5) is 4.62. The Morgan fingerprint density at radius 1 is 1.29 bits per heavy atom. The van der Waals surface area contributed by atoms with Gasteiger partial charge in [0.15, 0.2) is 0 Å². The standard InChI is InChI=1S/C15H16ClN3OS/c16-10-5-6-11-12(2-1-7-20-13(11)8-10)17-15-18-14(19-21-15)9-3-4-9/h5-6,8-9,12H,1-4,7H2,(H,17,18,19). The van der Waals surface area contributed by atoms with Gasteiger partial charge < -0.3 is 10.1 Å². The van der Waals surface area contributed by atoms with E-state index in [9.17, 15) is 0 Å². The Labute approximate surface area is 132 Å². The summed E-state index contributed by atoms with van der Waals surface area (Å²) in [5.74, 6) is 2.48. The van der Waals surface area contributed by atoms with E-state index in [1.807, 2.05) is 18.2 Å². The minimum Gasteiger partial charge on any atom is -0.493 e. The van der Waals surface area contributed by atoms with E-state index in [1.54, 1.807) is 0 Å². The molecule has 1 aliphatic carbocycles. The van der Waals surface area contributed by atoms with Crippen molar-refractivity contribution >= 4 is 28.3 Å². The van der Waals surface area contributed by atoms with Gasteiger partial charge in [0, 0.05) is 28.0 Å². The molecule has 1 N–H and O–H groups in total. The number of halogens is 1. The molecule has 1 atom stereocenters. The van der Waals surface area contributed by atoms with Crippen molar-refractivity contribution in [3.63, 3.8) is 0 Å². The fourth-order valence-electron chi connectivity index (χ4n) is 2.65. The van der Waals surface area contributed by atoms with Crippen molar-refractivity contribution in [3.8, 4) is 5.75 Å². The van der Waals surface area contributed by atoms with Gasteiger partial charge in [-0.2, -0.15) is 4.37 Å². The van der Waals surface area contributed by atoms with Gasteiger partial charge in [-0.05, 0) is 37.8 Å². The highest BCUT2D eigenvalue weighted by atomic mass is 35.5. The molecule has 0 spiro atoms. The highest BCUT2D eigenvalue weighted by Crippen LogP contribution is 2.40. The average molecular weight is 322 g/mol. The largest absolute Gasteiger partial charge is 0.493 e. The first-order valence-corrected chi connectivity index (χ1v) is 8.47.